The van der Waals surface area contributed by atoms with Gasteiger partial charge in [-0.2, -0.15) is 0 Å². The number of H-pyrrole nitrogens is 1. The van der Waals surface area contributed by atoms with Gasteiger partial charge in [0, 0.05) is 28.2 Å². The van der Waals surface area contributed by atoms with Crippen LogP contribution >= 0.6 is 0 Å². The molecular weight excluding hydrogens is 406 g/mol. The summed E-state index contributed by atoms with van der Waals surface area (Å²) < 4.78 is 16.3. The Balaban J connectivity index is 1.60. The van der Waals surface area contributed by atoms with Gasteiger partial charge < -0.3 is 19.2 Å². The van der Waals surface area contributed by atoms with E-state index in [4.69, 9.17) is 14.2 Å². The number of aromatic amines is 1. The smallest absolute Gasteiger partial charge is 0.311 e. The first kappa shape index (κ1) is 21.2. The summed E-state index contributed by atoms with van der Waals surface area (Å²) in [6.45, 7) is 0. The lowest BCUT2D eigenvalue weighted by Crippen LogP contribution is -2.21. The van der Waals surface area contributed by atoms with Gasteiger partial charge >= 0.3 is 5.97 Å². The number of rotatable bonds is 8. The number of ketones is 1. The molecule has 1 aromatic heterocycles. The third-order valence-corrected chi connectivity index (χ3v) is 5.24. The second-order valence-electron chi connectivity index (χ2n) is 7.26. The minimum Gasteiger partial charge on any atom is -0.493 e. The number of benzene rings is 3. The molecule has 162 valence electrons. The molecule has 32 heavy (non-hydrogen) atoms. The van der Waals surface area contributed by atoms with Crippen LogP contribution in [-0.2, 0) is 16.0 Å². The van der Waals surface area contributed by atoms with E-state index in [1.807, 2.05) is 42.5 Å². The highest BCUT2D eigenvalue weighted by Crippen LogP contribution is 2.30. The zero-order chi connectivity index (χ0) is 22.5. The van der Waals surface area contributed by atoms with E-state index in [1.165, 1.54) is 7.11 Å². The van der Waals surface area contributed by atoms with Gasteiger partial charge in [0.25, 0.3) is 0 Å². The summed E-state index contributed by atoms with van der Waals surface area (Å²) in [5.74, 6) is 0.294. The van der Waals surface area contributed by atoms with Gasteiger partial charge in [-0.05, 0) is 23.8 Å². The fourth-order valence-corrected chi connectivity index (χ4v) is 3.65. The van der Waals surface area contributed by atoms with Crippen LogP contribution in [0.25, 0.3) is 10.9 Å². The number of esters is 1. The van der Waals surface area contributed by atoms with Gasteiger partial charge in [0.2, 0.25) is 5.78 Å². The predicted octanol–water partition coefficient (Wildman–Crippen LogP) is 4.90. The molecule has 0 saturated heterocycles. The average molecular weight is 429 g/mol. The van der Waals surface area contributed by atoms with Gasteiger partial charge in [0.1, 0.15) is 0 Å². The molecule has 0 aliphatic carbocycles. The zero-order valence-corrected chi connectivity index (χ0v) is 17.8. The van der Waals surface area contributed by atoms with Gasteiger partial charge in [-0.15, -0.1) is 0 Å². The molecule has 0 saturated carbocycles. The Kier molecular flexibility index (Phi) is 6.22. The SMILES string of the molecule is COc1ccc(CC(=O)OC(C(=O)c2c[nH]c3ccccc23)c2ccccc2)cc1OC. The van der Waals surface area contributed by atoms with E-state index in [2.05, 4.69) is 4.98 Å². The summed E-state index contributed by atoms with van der Waals surface area (Å²) in [5.41, 5.74) is 2.63. The predicted molar refractivity (Wildman–Crippen MR) is 121 cm³/mol. The summed E-state index contributed by atoms with van der Waals surface area (Å²) >= 11 is 0. The van der Waals surface area contributed by atoms with Crippen LogP contribution in [0.15, 0.2) is 79.0 Å². The number of hydrogen-bond acceptors (Lipinski definition) is 5. The maximum absolute atomic E-state index is 13.5. The lowest BCUT2D eigenvalue weighted by Gasteiger charge is -2.17. The van der Waals surface area contributed by atoms with E-state index >= 15 is 0 Å². The molecule has 0 radical (unpaired) electrons. The summed E-state index contributed by atoms with van der Waals surface area (Å²) in [7, 11) is 3.08. The Morgan fingerprint density at radius 2 is 1.59 bits per heavy atom. The Morgan fingerprint density at radius 1 is 0.875 bits per heavy atom. The minimum absolute atomic E-state index is 0.00907. The number of carbonyl (C=O) groups excluding carboxylic acids is 2. The van der Waals surface area contributed by atoms with E-state index in [-0.39, 0.29) is 12.2 Å². The number of aromatic nitrogens is 1. The molecular formula is C26H23NO5. The maximum atomic E-state index is 13.5. The van der Waals surface area contributed by atoms with E-state index in [0.29, 0.717) is 28.2 Å². The summed E-state index contributed by atoms with van der Waals surface area (Å²) in [5, 5.41) is 0.786. The summed E-state index contributed by atoms with van der Waals surface area (Å²) in [6.07, 6.45) is 0.596. The summed E-state index contributed by atoms with van der Waals surface area (Å²) in [6, 6.07) is 21.8. The fraction of sp³-hybridized carbons (Fsp3) is 0.154. The normalized spacial score (nSPS) is 11.7. The van der Waals surface area contributed by atoms with Crippen molar-refractivity contribution in [3.8, 4) is 11.5 Å². The summed E-state index contributed by atoms with van der Waals surface area (Å²) in [4.78, 5) is 29.4. The molecule has 0 aliphatic heterocycles. The Morgan fingerprint density at radius 3 is 2.34 bits per heavy atom. The van der Waals surface area contributed by atoms with Crippen molar-refractivity contribution in [2.75, 3.05) is 14.2 Å². The van der Waals surface area contributed by atoms with Gasteiger partial charge in [-0.3, -0.25) is 9.59 Å². The van der Waals surface area contributed by atoms with Crippen molar-refractivity contribution in [3.63, 3.8) is 0 Å². The van der Waals surface area contributed by atoms with Gasteiger partial charge in [0.05, 0.1) is 20.6 Å². The highest BCUT2D eigenvalue weighted by atomic mass is 16.5. The Hall–Kier alpha value is -4.06. The van der Waals surface area contributed by atoms with Gasteiger partial charge in [-0.1, -0.05) is 54.6 Å². The molecule has 1 atom stereocenters. The van der Waals surface area contributed by atoms with Crippen molar-refractivity contribution in [2.24, 2.45) is 0 Å². The zero-order valence-electron chi connectivity index (χ0n) is 17.8. The molecule has 0 aliphatic rings. The maximum Gasteiger partial charge on any atom is 0.311 e. The van der Waals surface area contributed by atoms with Gasteiger partial charge in [-0.25, -0.2) is 0 Å². The lowest BCUT2D eigenvalue weighted by atomic mass is 9.99. The molecule has 1 heterocycles. The number of ether oxygens (including phenoxy) is 3. The highest BCUT2D eigenvalue weighted by Gasteiger charge is 2.28. The van der Waals surface area contributed by atoms with Crippen molar-refractivity contribution in [1.29, 1.82) is 0 Å². The molecule has 4 aromatic rings. The number of para-hydroxylation sites is 1. The molecule has 6 heteroatoms. The van der Waals surface area contributed by atoms with Gasteiger partial charge in [0.15, 0.2) is 17.6 Å². The number of hydrogen-bond donors (Lipinski definition) is 1. The van der Waals surface area contributed by atoms with Crippen molar-refractivity contribution in [3.05, 3.63) is 95.7 Å². The molecule has 0 bridgehead atoms. The first-order valence-electron chi connectivity index (χ1n) is 10.2. The first-order chi connectivity index (χ1) is 15.6. The molecule has 3 aromatic carbocycles. The molecule has 0 spiro atoms. The van der Waals surface area contributed by atoms with Crippen LogP contribution in [0.2, 0.25) is 0 Å². The molecule has 4 rings (SSSR count). The minimum atomic E-state index is -1.05. The van der Waals surface area contributed by atoms with Crippen molar-refractivity contribution < 1.29 is 23.8 Å². The van der Waals surface area contributed by atoms with Crippen LogP contribution in [0.5, 0.6) is 11.5 Å². The molecule has 0 amide bonds. The van der Waals surface area contributed by atoms with Crippen LogP contribution in [0, 0.1) is 0 Å². The molecule has 1 unspecified atom stereocenters. The third kappa shape index (κ3) is 4.34. The monoisotopic (exact) mass is 429 g/mol. The number of Topliss-reactive ketones (excluding diaryl/α,β-unsaturated/α-hetero) is 1. The largest absolute Gasteiger partial charge is 0.493 e. The highest BCUT2D eigenvalue weighted by molar-refractivity contribution is 6.10. The second kappa shape index (κ2) is 9.39. The molecule has 6 nitrogen and oxygen atoms in total. The molecule has 1 N–H and O–H groups in total. The topological polar surface area (TPSA) is 77.6 Å². The van der Waals surface area contributed by atoms with Crippen LogP contribution in [0.1, 0.15) is 27.6 Å². The number of fused-ring (bicyclic) bond motifs is 1. The Labute approximate surface area is 185 Å². The second-order valence-corrected chi connectivity index (χ2v) is 7.26. The van der Waals surface area contributed by atoms with E-state index in [1.54, 1.807) is 43.6 Å². The van der Waals surface area contributed by atoms with Crippen LogP contribution in [-0.4, -0.2) is 31.0 Å². The van der Waals surface area contributed by atoms with Crippen LogP contribution in [0.3, 0.4) is 0 Å². The standard InChI is InChI=1S/C26H23NO5/c1-30-22-13-12-17(14-23(22)31-2)15-24(28)32-26(18-8-4-3-5-9-18)25(29)20-16-27-21-11-7-6-10-19(20)21/h3-14,16,26-27H,15H2,1-2H3. The number of carbonyl (C=O) groups is 2. The fourth-order valence-electron chi connectivity index (χ4n) is 3.65. The Bertz CT molecular complexity index is 1250. The van der Waals surface area contributed by atoms with E-state index < -0.39 is 12.1 Å². The van der Waals surface area contributed by atoms with Crippen molar-refractivity contribution >= 4 is 22.7 Å². The molecule has 0 fully saturated rings. The number of nitrogens with one attached hydrogen (secondary N) is 1. The average Bonchev–Trinajstić information content (AvgIpc) is 3.27. The quantitative estimate of drug-likeness (QED) is 0.319. The van der Waals surface area contributed by atoms with Crippen LogP contribution < -0.4 is 9.47 Å². The van der Waals surface area contributed by atoms with Crippen molar-refractivity contribution in [1.82, 2.24) is 4.98 Å². The number of methoxy groups -OCH3 is 2. The van der Waals surface area contributed by atoms with Crippen molar-refractivity contribution in [2.45, 2.75) is 12.5 Å². The van der Waals surface area contributed by atoms with E-state index in [0.717, 1.165) is 10.9 Å². The van der Waals surface area contributed by atoms with E-state index in [9.17, 15) is 9.59 Å². The first-order valence-corrected chi connectivity index (χ1v) is 10.2. The van der Waals surface area contributed by atoms with Crippen LogP contribution in [0.4, 0.5) is 0 Å². The lowest BCUT2D eigenvalue weighted by molar-refractivity contribution is -0.146. The third-order valence-electron chi connectivity index (χ3n) is 5.24.